The van der Waals surface area contributed by atoms with Crippen molar-refractivity contribution in [1.29, 1.82) is 0 Å². The van der Waals surface area contributed by atoms with E-state index in [1.807, 2.05) is 36.6 Å². The molecule has 7 heteroatoms. The first-order valence-corrected chi connectivity index (χ1v) is 9.96. The molecule has 22 heavy (non-hydrogen) atoms. The average Bonchev–Trinajstić information content (AvgIpc) is 2.83. The molecule has 0 aliphatic carbocycles. The molecular weight excluding hydrogens is 320 g/mol. The predicted molar refractivity (Wildman–Crippen MR) is 88.2 cm³/mol. The van der Waals surface area contributed by atoms with Gasteiger partial charge in [-0.1, -0.05) is 12.1 Å². The molecule has 0 saturated heterocycles. The lowest BCUT2D eigenvalue weighted by Crippen LogP contribution is -2.38. The SMILES string of the molecule is CC1CN(Cc2csc(CS(C)(=O)=O)n2)c2ccccc2O1. The lowest BCUT2D eigenvalue weighted by Gasteiger charge is -2.34. The second-order valence-corrected chi connectivity index (χ2v) is 8.66. The summed E-state index contributed by atoms with van der Waals surface area (Å²) >= 11 is 1.40. The Balaban J connectivity index is 1.79. The third kappa shape index (κ3) is 3.59. The van der Waals surface area contributed by atoms with Gasteiger partial charge in [0.1, 0.15) is 22.6 Å². The van der Waals surface area contributed by atoms with Crippen molar-refractivity contribution in [3.63, 3.8) is 0 Å². The summed E-state index contributed by atoms with van der Waals surface area (Å²) in [6.45, 7) is 3.49. The summed E-state index contributed by atoms with van der Waals surface area (Å²) in [7, 11) is -3.04. The fourth-order valence-corrected chi connectivity index (χ4v) is 4.53. The monoisotopic (exact) mass is 338 g/mol. The molecule has 1 aromatic carbocycles. The third-order valence-electron chi connectivity index (χ3n) is 3.35. The van der Waals surface area contributed by atoms with Crippen LogP contribution < -0.4 is 9.64 Å². The first-order chi connectivity index (χ1) is 10.4. The van der Waals surface area contributed by atoms with Crippen molar-refractivity contribution in [2.75, 3.05) is 17.7 Å². The van der Waals surface area contributed by atoms with Crippen LogP contribution >= 0.6 is 11.3 Å². The summed E-state index contributed by atoms with van der Waals surface area (Å²) in [6.07, 6.45) is 1.34. The lowest BCUT2D eigenvalue weighted by atomic mass is 10.2. The largest absolute Gasteiger partial charge is 0.487 e. The highest BCUT2D eigenvalue weighted by Gasteiger charge is 2.23. The first kappa shape index (κ1) is 15.3. The number of aromatic nitrogens is 1. The highest BCUT2D eigenvalue weighted by Crippen LogP contribution is 2.34. The van der Waals surface area contributed by atoms with Crippen LogP contribution in [0.5, 0.6) is 5.75 Å². The van der Waals surface area contributed by atoms with Crippen molar-refractivity contribution in [2.45, 2.75) is 25.3 Å². The van der Waals surface area contributed by atoms with Crippen LogP contribution in [0.2, 0.25) is 0 Å². The van der Waals surface area contributed by atoms with Crippen molar-refractivity contribution >= 4 is 26.9 Å². The smallest absolute Gasteiger partial charge is 0.153 e. The van der Waals surface area contributed by atoms with Gasteiger partial charge in [0, 0.05) is 11.6 Å². The van der Waals surface area contributed by atoms with Crippen LogP contribution in [0.3, 0.4) is 0 Å². The molecule has 1 aliphatic heterocycles. The molecule has 0 radical (unpaired) electrons. The van der Waals surface area contributed by atoms with E-state index in [4.69, 9.17) is 4.74 Å². The molecule has 1 unspecified atom stereocenters. The molecule has 1 aliphatic rings. The topological polar surface area (TPSA) is 59.5 Å². The second-order valence-electron chi connectivity index (χ2n) is 5.58. The Labute approximate surface area is 134 Å². The summed E-state index contributed by atoms with van der Waals surface area (Å²) in [5.74, 6) is 0.890. The van der Waals surface area contributed by atoms with Crippen LogP contribution in [-0.4, -0.2) is 32.3 Å². The zero-order chi connectivity index (χ0) is 15.7. The molecule has 118 valence electrons. The minimum Gasteiger partial charge on any atom is -0.487 e. The van der Waals surface area contributed by atoms with Crippen LogP contribution in [-0.2, 0) is 22.1 Å². The minimum atomic E-state index is -3.04. The maximum Gasteiger partial charge on any atom is 0.153 e. The average molecular weight is 338 g/mol. The number of hydrogen-bond donors (Lipinski definition) is 0. The van der Waals surface area contributed by atoms with Gasteiger partial charge in [0.15, 0.2) is 9.84 Å². The van der Waals surface area contributed by atoms with Gasteiger partial charge < -0.3 is 9.64 Å². The zero-order valence-corrected chi connectivity index (χ0v) is 14.2. The molecule has 0 spiro atoms. The summed E-state index contributed by atoms with van der Waals surface area (Å²) in [5.41, 5.74) is 1.95. The predicted octanol–water partition coefficient (Wildman–Crippen LogP) is 2.48. The van der Waals surface area contributed by atoms with E-state index in [1.165, 1.54) is 17.6 Å². The van der Waals surface area contributed by atoms with E-state index in [9.17, 15) is 8.42 Å². The highest BCUT2D eigenvalue weighted by atomic mass is 32.2. The number of sulfone groups is 1. The molecule has 0 amide bonds. The summed E-state index contributed by atoms with van der Waals surface area (Å²) < 4.78 is 28.5. The summed E-state index contributed by atoms with van der Waals surface area (Å²) in [5, 5.41) is 2.58. The zero-order valence-electron chi connectivity index (χ0n) is 12.5. The van der Waals surface area contributed by atoms with Crippen molar-refractivity contribution in [3.05, 3.63) is 40.3 Å². The van der Waals surface area contributed by atoms with E-state index >= 15 is 0 Å². The minimum absolute atomic E-state index is 0.00771. The van der Waals surface area contributed by atoms with Crippen molar-refractivity contribution in [2.24, 2.45) is 0 Å². The number of nitrogens with zero attached hydrogens (tertiary/aromatic N) is 2. The van der Waals surface area contributed by atoms with Crippen LogP contribution in [0.25, 0.3) is 0 Å². The number of thiazole rings is 1. The Bertz CT molecular complexity index is 771. The van der Waals surface area contributed by atoms with Gasteiger partial charge in [-0.15, -0.1) is 11.3 Å². The Kier molecular flexibility index (Phi) is 4.10. The molecule has 3 rings (SSSR count). The number of hydrogen-bond acceptors (Lipinski definition) is 6. The summed E-state index contributed by atoms with van der Waals surface area (Å²) in [6, 6.07) is 7.95. The van der Waals surface area contributed by atoms with E-state index in [0.29, 0.717) is 11.6 Å². The Hall–Kier alpha value is -1.60. The van der Waals surface area contributed by atoms with E-state index in [-0.39, 0.29) is 11.9 Å². The van der Waals surface area contributed by atoms with Gasteiger partial charge >= 0.3 is 0 Å². The van der Waals surface area contributed by atoms with Gasteiger partial charge in [-0.05, 0) is 19.1 Å². The molecule has 1 aromatic heterocycles. The molecule has 0 bridgehead atoms. The second kappa shape index (κ2) is 5.89. The van der Waals surface area contributed by atoms with Gasteiger partial charge in [-0.2, -0.15) is 0 Å². The molecule has 5 nitrogen and oxygen atoms in total. The molecule has 0 fully saturated rings. The van der Waals surface area contributed by atoms with Crippen LogP contribution in [0, 0.1) is 0 Å². The third-order valence-corrected chi connectivity index (χ3v) is 5.23. The van der Waals surface area contributed by atoms with Gasteiger partial charge in [-0.3, -0.25) is 0 Å². The van der Waals surface area contributed by atoms with Crippen molar-refractivity contribution in [1.82, 2.24) is 4.98 Å². The number of para-hydroxylation sites is 2. The molecule has 1 atom stereocenters. The Morgan fingerprint density at radius 1 is 1.41 bits per heavy atom. The fourth-order valence-electron chi connectivity index (χ4n) is 2.54. The van der Waals surface area contributed by atoms with E-state index in [1.54, 1.807) is 0 Å². The normalized spacial score (nSPS) is 17.9. The van der Waals surface area contributed by atoms with E-state index < -0.39 is 9.84 Å². The fraction of sp³-hybridized carbons (Fsp3) is 0.400. The van der Waals surface area contributed by atoms with E-state index in [0.717, 1.165) is 23.7 Å². The van der Waals surface area contributed by atoms with Crippen LogP contribution in [0.4, 0.5) is 5.69 Å². The van der Waals surface area contributed by atoms with Crippen LogP contribution in [0.1, 0.15) is 17.6 Å². The van der Waals surface area contributed by atoms with Crippen molar-refractivity contribution < 1.29 is 13.2 Å². The number of fused-ring (bicyclic) bond motifs is 1. The van der Waals surface area contributed by atoms with E-state index in [2.05, 4.69) is 9.88 Å². The molecule has 2 heterocycles. The van der Waals surface area contributed by atoms with Gasteiger partial charge in [0.25, 0.3) is 0 Å². The molecular formula is C15H18N2O3S2. The lowest BCUT2D eigenvalue weighted by molar-refractivity contribution is 0.212. The number of benzene rings is 1. The van der Waals surface area contributed by atoms with Gasteiger partial charge in [0.05, 0.1) is 24.5 Å². The number of ether oxygens (including phenoxy) is 1. The van der Waals surface area contributed by atoms with Gasteiger partial charge in [-0.25, -0.2) is 13.4 Å². The van der Waals surface area contributed by atoms with Crippen LogP contribution in [0.15, 0.2) is 29.6 Å². The first-order valence-electron chi connectivity index (χ1n) is 7.02. The Morgan fingerprint density at radius 2 is 2.18 bits per heavy atom. The maximum absolute atomic E-state index is 11.3. The quantitative estimate of drug-likeness (QED) is 0.857. The molecule has 2 aromatic rings. The van der Waals surface area contributed by atoms with Gasteiger partial charge in [0.2, 0.25) is 0 Å². The standard InChI is InChI=1S/C15H18N2O3S2/c1-11-7-17(13-5-3-4-6-14(13)20-11)8-12-9-21-15(16-12)10-22(2,18)19/h3-6,9,11H,7-8,10H2,1-2H3. The molecule has 0 saturated carbocycles. The summed E-state index contributed by atoms with van der Waals surface area (Å²) in [4.78, 5) is 6.67. The number of anilines is 1. The Morgan fingerprint density at radius 3 is 2.95 bits per heavy atom. The maximum atomic E-state index is 11.3. The van der Waals surface area contributed by atoms with Crippen molar-refractivity contribution in [3.8, 4) is 5.75 Å². The molecule has 0 N–H and O–H groups in total. The number of rotatable bonds is 4. The highest BCUT2D eigenvalue weighted by molar-refractivity contribution is 7.90.